The smallest absolute Gasteiger partial charge is 0.317 e. The molecule has 0 radical (unpaired) electrons. The van der Waals surface area contributed by atoms with Crippen molar-refractivity contribution in [1.82, 2.24) is 20.0 Å². The highest BCUT2D eigenvalue weighted by molar-refractivity contribution is 5.74. The lowest BCUT2D eigenvalue weighted by molar-refractivity contribution is 0.195. The van der Waals surface area contributed by atoms with Crippen molar-refractivity contribution in [2.24, 2.45) is 11.8 Å². The number of urea groups is 1. The van der Waals surface area contributed by atoms with E-state index in [4.69, 9.17) is 0 Å². The van der Waals surface area contributed by atoms with Gasteiger partial charge in [-0.05, 0) is 44.3 Å². The predicted octanol–water partition coefficient (Wildman–Crippen LogP) is 2.10. The first-order valence-corrected chi connectivity index (χ1v) is 9.45. The summed E-state index contributed by atoms with van der Waals surface area (Å²) in [6.07, 6.45) is 2.37. The molecule has 0 spiro atoms. The topological polar surface area (TPSA) is 38.8 Å². The normalized spacial score (nSPS) is 26.0. The Labute approximate surface area is 152 Å². The average molecular weight is 345 g/mol. The maximum absolute atomic E-state index is 12.5. The Balaban J connectivity index is 1.49. The van der Waals surface area contributed by atoms with E-state index in [-0.39, 0.29) is 6.03 Å². The molecule has 1 aliphatic carbocycles. The van der Waals surface area contributed by atoms with E-state index < -0.39 is 0 Å². The van der Waals surface area contributed by atoms with E-state index >= 15 is 0 Å². The van der Waals surface area contributed by atoms with Crippen LogP contribution in [0.2, 0.25) is 0 Å². The lowest BCUT2D eigenvalue weighted by Crippen LogP contribution is -2.47. The van der Waals surface area contributed by atoms with Gasteiger partial charge in [-0.15, -0.1) is 0 Å². The van der Waals surface area contributed by atoms with Gasteiger partial charge in [0.25, 0.3) is 0 Å². The van der Waals surface area contributed by atoms with Crippen LogP contribution in [-0.2, 0) is 6.54 Å². The lowest BCUT2D eigenvalue weighted by atomic mass is 9.98. The van der Waals surface area contributed by atoms with Gasteiger partial charge in [-0.1, -0.05) is 30.3 Å². The SMILES string of the molecule is CN(C)CCN(C)C(=O)N[C@@H]1CC[C@H]2CN(Cc3ccccc3)C[C@@H]21. The third kappa shape index (κ3) is 4.73. The van der Waals surface area contributed by atoms with Crippen LogP contribution in [0.3, 0.4) is 0 Å². The molecule has 2 amide bonds. The largest absolute Gasteiger partial charge is 0.335 e. The second-order valence-electron chi connectivity index (χ2n) is 7.96. The first-order chi connectivity index (χ1) is 12.0. The van der Waals surface area contributed by atoms with Crippen LogP contribution < -0.4 is 5.32 Å². The number of nitrogens with zero attached hydrogens (tertiary/aromatic N) is 3. The van der Waals surface area contributed by atoms with Gasteiger partial charge in [0.15, 0.2) is 0 Å². The van der Waals surface area contributed by atoms with E-state index in [0.29, 0.717) is 12.0 Å². The zero-order valence-corrected chi connectivity index (χ0v) is 15.8. The fourth-order valence-corrected chi connectivity index (χ4v) is 4.23. The van der Waals surface area contributed by atoms with Crippen molar-refractivity contribution in [3.8, 4) is 0 Å². The van der Waals surface area contributed by atoms with E-state index in [2.05, 4.69) is 45.4 Å². The molecule has 25 heavy (non-hydrogen) atoms. The summed E-state index contributed by atoms with van der Waals surface area (Å²) >= 11 is 0. The number of hydrogen-bond donors (Lipinski definition) is 1. The molecule has 5 heteroatoms. The fraction of sp³-hybridized carbons (Fsp3) is 0.650. The summed E-state index contributed by atoms with van der Waals surface area (Å²) in [6, 6.07) is 11.1. The summed E-state index contributed by atoms with van der Waals surface area (Å²) in [7, 11) is 5.96. The fourth-order valence-electron chi connectivity index (χ4n) is 4.23. The van der Waals surface area contributed by atoms with Gasteiger partial charge in [0.05, 0.1) is 0 Å². The van der Waals surface area contributed by atoms with Gasteiger partial charge in [-0.3, -0.25) is 4.90 Å². The van der Waals surface area contributed by atoms with E-state index in [9.17, 15) is 4.79 Å². The number of carbonyl (C=O) groups excluding carboxylic acids is 1. The zero-order valence-electron chi connectivity index (χ0n) is 15.8. The summed E-state index contributed by atoms with van der Waals surface area (Å²) < 4.78 is 0. The van der Waals surface area contributed by atoms with E-state index in [0.717, 1.165) is 38.5 Å². The van der Waals surface area contributed by atoms with Crippen molar-refractivity contribution in [3.63, 3.8) is 0 Å². The van der Waals surface area contributed by atoms with E-state index in [1.54, 1.807) is 0 Å². The number of nitrogens with one attached hydrogen (secondary N) is 1. The van der Waals surface area contributed by atoms with Crippen molar-refractivity contribution in [1.29, 1.82) is 0 Å². The van der Waals surface area contributed by atoms with Crippen LogP contribution >= 0.6 is 0 Å². The van der Waals surface area contributed by atoms with Crippen molar-refractivity contribution in [3.05, 3.63) is 35.9 Å². The van der Waals surface area contributed by atoms with Crippen LogP contribution in [0.15, 0.2) is 30.3 Å². The summed E-state index contributed by atoms with van der Waals surface area (Å²) in [6.45, 7) is 4.96. The molecule has 1 aliphatic heterocycles. The average Bonchev–Trinajstić information content (AvgIpc) is 3.14. The minimum absolute atomic E-state index is 0.0778. The van der Waals surface area contributed by atoms with Crippen molar-refractivity contribution >= 4 is 6.03 Å². The molecule has 1 heterocycles. The molecule has 1 N–H and O–H groups in total. The monoisotopic (exact) mass is 344 g/mol. The molecular formula is C20H32N4O. The highest BCUT2D eigenvalue weighted by Crippen LogP contribution is 2.38. The summed E-state index contributed by atoms with van der Waals surface area (Å²) in [5, 5.41) is 3.30. The van der Waals surface area contributed by atoms with Crippen LogP contribution in [0, 0.1) is 11.8 Å². The number of rotatable bonds is 6. The summed E-state index contributed by atoms with van der Waals surface area (Å²) in [5.74, 6) is 1.34. The molecule has 0 aromatic heterocycles. The summed E-state index contributed by atoms with van der Waals surface area (Å²) in [4.78, 5) is 18.9. The Morgan fingerprint density at radius 2 is 1.88 bits per heavy atom. The standard InChI is InChI=1S/C20H32N4O/c1-22(2)11-12-23(3)20(25)21-19-10-9-17-14-24(15-18(17)19)13-16-7-5-4-6-8-16/h4-8,17-19H,9-15H2,1-3H3,(H,21,25)/t17-,18-,19+/m0/s1. The van der Waals surface area contributed by atoms with Crippen molar-refractivity contribution in [2.75, 3.05) is 47.3 Å². The molecule has 0 bridgehead atoms. The van der Waals surface area contributed by atoms with Gasteiger partial charge in [0.1, 0.15) is 0 Å². The molecule has 3 rings (SSSR count). The molecule has 2 fully saturated rings. The molecule has 1 aromatic rings. The van der Waals surface area contributed by atoms with Crippen molar-refractivity contribution < 1.29 is 4.79 Å². The zero-order chi connectivity index (χ0) is 17.8. The van der Waals surface area contributed by atoms with E-state index in [1.165, 1.54) is 18.5 Å². The van der Waals surface area contributed by atoms with Gasteiger partial charge in [-0.2, -0.15) is 0 Å². The third-order valence-electron chi connectivity index (χ3n) is 5.72. The number of amides is 2. The molecule has 2 aliphatic rings. The molecule has 5 nitrogen and oxygen atoms in total. The second kappa shape index (κ2) is 8.19. The van der Waals surface area contributed by atoms with Crippen LogP contribution in [0.1, 0.15) is 18.4 Å². The second-order valence-corrected chi connectivity index (χ2v) is 7.96. The number of fused-ring (bicyclic) bond motifs is 1. The third-order valence-corrected chi connectivity index (χ3v) is 5.72. The summed E-state index contributed by atoms with van der Waals surface area (Å²) in [5.41, 5.74) is 1.38. The number of likely N-dealkylation sites (tertiary alicyclic amines) is 1. The predicted molar refractivity (Wildman–Crippen MR) is 101 cm³/mol. The maximum atomic E-state index is 12.5. The molecular weight excluding hydrogens is 312 g/mol. The first kappa shape index (κ1) is 18.2. The van der Waals surface area contributed by atoms with E-state index in [1.807, 2.05) is 26.0 Å². The maximum Gasteiger partial charge on any atom is 0.317 e. The van der Waals surface area contributed by atoms with Gasteiger partial charge < -0.3 is 15.1 Å². The molecule has 1 saturated heterocycles. The molecule has 1 aromatic carbocycles. The Morgan fingerprint density at radius 1 is 1.12 bits per heavy atom. The Hall–Kier alpha value is -1.59. The molecule has 1 saturated carbocycles. The minimum Gasteiger partial charge on any atom is -0.335 e. The van der Waals surface area contributed by atoms with Crippen LogP contribution in [0.5, 0.6) is 0 Å². The molecule has 0 unspecified atom stereocenters. The van der Waals surface area contributed by atoms with Gasteiger partial charge in [0.2, 0.25) is 0 Å². The number of benzene rings is 1. The number of likely N-dealkylation sites (N-methyl/N-ethyl adjacent to an activating group) is 2. The van der Waals surface area contributed by atoms with Gasteiger partial charge in [0, 0.05) is 45.8 Å². The Morgan fingerprint density at radius 3 is 2.60 bits per heavy atom. The Kier molecular flexibility index (Phi) is 5.97. The Bertz CT molecular complexity index is 562. The van der Waals surface area contributed by atoms with Crippen LogP contribution in [0.4, 0.5) is 4.79 Å². The molecule has 3 atom stereocenters. The number of hydrogen-bond acceptors (Lipinski definition) is 3. The van der Waals surface area contributed by atoms with Crippen LogP contribution in [0.25, 0.3) is 0 Å². The highest BCUT2D eigenvalue weighted by atomic mass is 16.2. The number of carbonyl (C=O) groups is 1. The first-order valence-electron chi connectivity index (χ1n) is 9.45. The highest BCUT2D eigenvalue weighted by Gasteiger charge is 2.43. The van der Waals surface area contributed by atoms with Gasteiger partial charge >= 0.3 is 6.03 Å². The van der Waals surface area contributed by atoms with Crippen LogP contribution in [-0.4, -0.2) is 74.1 Å². The quantitative estimate of drug-likeness (QED) is 0.859. The lowest BCUT2D eigenvalue weighted by Gasteiger charge is -2.26. The van der Waals surface area contributed by atoms with Gasteiger partial charge in [-0.25, -0.2) is 4.79 Å². The minimum atomic E-state index is 0.0778. The van der Waals surface area contributed by atoms with Crippen molar-refractivity contribution in [2.45, 2.75) is 25.4 Å². The molecule has 138 valence electrons.